The van der Waals surface area contributed by atoms with Crippen molar-refractivity contribution < 1.29 is 4.74 Å². The van der Waals surface area contributed by atoms with E-state index in [2.05, 4.69) is 34.4 Å². The van der Waals surface area contributed by atoms with Crippen molar-refractivity contribution in [1.29, 1.82) is 0 Å². The molecule has 0 bridgehead atoms. The minimum absolute atomic E-state index is 0. The Balaban J connectivity index is 0.00000264. The Bertz CT molecular complexity index is 347. The lowest BCUT2D eigenvalue weighted by atomic mass is 9.87. The molecule has 2 aliphatic rings. The zero-order valence-corrected chi connectivity index (χ0v) is 17.3. The molecule has 1 saturated heterocycles. The largest absolute Gasteiger partial charge is 0.379 e. The van der Waals surface area contributed by atoms with Crippen LogP contribution in [0, 0.1) is 11.8 Å². The quantitative estimate of drug-likeness (QED) is 0.393. The third-order valence-corrected chi connectivity index (χ3v) is 4.79. The third-order valence-electron chi connectivity index (χ3n) is 4.79. The molecule has 0 aromatic rings. The van der Waals surface area contributed by atoms with E-state index in [0.29, 0.717) is 12.0 Å². The van der Waals surface area contributed by atoms with Gasteiger partial charge in [0.1, 0.15) is 0 Å². The van der Waals surface area contributed by atoms with Crippen LogP contribution in [0.4, 0.5) is 0 Å². The summed E-state index contributed by atoms with van der Waals surface area (Å²) >= 11 is 0. The topological polar surface area (TPSA) is 48.9 Å². The molecule has 2 N–H and O–H groups in total. The monoisotopic (exact) mass is 438 g/mol. The average Bonchev–Trinajstić information content (AvgIpc) is 2.52. The highest BCUT2D eigenvalue weighted by Crippen LogP contribution is 2.23. The first-order chi connectivity index (χ1) is 10.7. The average molecular weight is 438 g/mol. The maximum atomic E-state index is 5.40. The number of nitrogens with zero attached hydrogens (tertiary/aromatic N) is 2. The summed E-state index contributed by atoms with van der Waals surface area (Å²) in [5, 5.41) is 7.10. The van der Waals surface area contributed by atoms with Crippen LogP contribution in [0.1, 0.15) is 39.5 Å². The van der Waals surface area contributed by atoms with Crippen LogP contribution in [-0.4, -0.2) is 63.3 Å². The molecule has 6 heteroatoms. The van der Waals surface area contributed by atoms with Crippen LogP contribution >= 0.6 is 24.0 Å². The molecule has 3 atom stereocenters. The number of morpholine rings is 1. The van der Waals surface area contributed by atoms with Gasteiger partial charge < -0.3 is 15.4 Å². The number of halogens is 1. The Morgan fingerprint density at radius 3 is 2.70 bits per heavy atom. The number of nitrogens with one attached hydrogen (secondary N) is 2. The van der Waals surface area contributed by atoms with Crippen molar-refractivity contribution in [2.75, 3.05) is 46.4 Å². The van der Waals surface area contributed by atoms with Gasteiger partial charge in [0.05, 0.1) is 13.2 Å². The second-order valence-corrected chi connectivity index (χ2v) is 7.08. The summed E-state index contributed by atoms with van der Waals surface area (Å²) in [6.45, 7) is 10.7. The minimum Gasteiger partial charge on any atom is -0.379 e. The fourth-order valence-electron chi connectivity index (χ4n) is 3.51. The lowest BCUT2D eigenvalue weighted by molar-refractivity contribution is 0.0320. The fraction of sp³-hybridized carbons (Fsp3) is 0.941. The van der Waals surface area contributed by atoms with Crippen LogP contribution in [0.3, 0.4) is 0 Å². The van der Waals surface area contributed by atoms with E-state index in [4.69, 9.17) is 4.74 Å². The molecule has 2 fully saturated rings. The molecular formula is C17H35IN4O. The van der Waals surface area contributed by atoms with E-state index in [0.717, 1.165) is 51.3 Å². The van der Waals surface area contributed by atoms with Crippen LogP contribution in [0.5, 0.6) is 0 Å². The van der Waals surface area contributed by atoms with Gasteiger partial charge in [-0.1, -0.05) is 26.7 Å². The molecule has 1 aliphatic carbocycles. The van der Waals surface area contributed by atoms with Gasteiger partial charge in [0.25, 0.3) is 0 Å². The van der Waals surface area contributed by atoms with Crippen molar-refractivity contribution in [2.24, 2.45) is 16.8 Å². The van der Waals surface area contributed by atoms with E-state index in [9.17, 15) is 0 Å². The number of hydrogen-bond donors (Lipinski definition) is 2. The van der Waals surface area contributed by atoms with Crippen molar-refractivity contribution >= 4 is 29.9 Å². The molecule has 0 spiro atoms. The maximum Gasteiger partial charge on any atom is 0.191 e. The van der Waals surface area contributed by atoms with Crippen molar-refractivity contribution in [3.05, 3.63) is 0 Å². The molecule has 23 heavy (non-hydrogen) atoms. The third kappa shape index (κ3) is 8.03. The van der Waals surface area contributed by atoms with Crippen molar-refractivity contribution in [3.8, 4) is 0 Å². The molecule has 1 aliphatic heterocycles. The molecule has 1 heterocycles. The van der Waals surface area contributed by atoms with E-state index in [1.165, 1.54) is 25.7 Å². The summed E-state index contributed by atoms with van der Waals surface area (Å²) in [6, 6.07) is 0.587. The van der Waals surface area contributed by atoms with Gasteiger partial charge >= 0.3 is 0 Å². The summed E-state index contributed by atoms with van der Waals surface area (Å²) in [5.74, 6) is 2.42. The Labute approximate surface area is 159 Å². The molecule has 1 saturated carbocycles. The van der Waals surface area contributed by atoms with Gasteiger partial charge in [0.15, 0.2) is 5.96 Å². The molecule has 0 amide bonds. The first-order valence-electron chi connectivity index (χ1n) is 8.94. The number of aliphatic imine (C=N–C) groups is 1. The van der Waals surface area contributed by atoms with Gasteiger partial charge in [-0.3, -0.25) is 9.89 Å². The number of hydrogen-bond acceptors (Lipinski definition) is 3. The number of rotatable bonds is 5. The highest BCUT2D eigenvalue weighted by molar-refractivity contribution is 14.0. The molecule has 136 valence electrons. The van der Waals surface area contributed by atoms with Gasteiger partial charge in [0, 0.05) is 39.3 Å². The predicted molar refractivity (Wildman–Crippen MR) is 108 cm³/mol. The second-order valence-electron chi connectivity index (χ2n) is 7.08. The van der Waals surface area contributed by atoms with E-state index in [1.807, 2.05) is 7.05 Å². The molecule has 2 rings (SSSR count). The zero-order valence-electron chi connectivity index (χ0n) is 15.0. The minimum atomic E-state index is 0. The first kappa shape index (κ1) is 21.0. The van der Waals surface area contributed by atoms with Crippen LogP contribution in [0.15, 0.2) is 4.99 Å². The van der Waals surface area contributed by atoms with Crippen molar-refractivity contribution in [3.63, 3.8) is 0 Å². The van der Waals surface area contributed by atoms with Crippen LogP contribution < -0.4 is 10.6 Å². The molecule has 0 aromatic heterocycles. The normalized spacial score (nSPS) is 27.9. The maximum absolute atomic E-state index is 5.40. The summed E-state index contributed by atoms with van der Waals surface area (Å²) < 4.78 is 5.40. The fourth-order valence-corrected chi connectivity index (χ4v) is 3.51. The van der Waals surface area contributed by atoms with Crippen LogP contribution in [0.25, 0.3) is 0 Å². The Morgan fingerprint density at radius 1 is 1.30 bits per heavy atom. The zero-order chi connectivity index (χ0) is 15.8. The summed E-state index contributed by atoms with van der Waals surface area (Å²) in [7, 11) is 1.87. The lowest BCUT2D eigenvalue weighted by Gasteiger charge is -2.31. The van der Waals surface area contributed by atoms with Crippen molar-refractivity contribution in [1.82, 2.24) is 15.5 Å². The molecular weight excluding hydrogens is 403 g/mol. The number of ether oxygens (including phenoxy) is 1. The van der Waals surface area contributed by atoms with Crippen LogP contribution in [-0.2, 0) is 4.74 Å². The van der Waals surface area contributed by atoms with Crippen molar-refractivity contribution in [2.45, 2.75) is 45.6 Å². The van der Waals surface area contributed by atoms with E-state index < -0.39 is 0 Å². The van der Waals surface area contributed by atoms with Gasteiger partial charge in [-0.25, -0.2) is 0 Å². The lowest BCUT2D eigenvalue weighted by Crippen LogP contribution is -2.47. The Hall–Kier alpha value is -0.0800. The van der Waals surface area contributed by atoms with E-state index in [-0.39, 0.29) is 24.0 Å². The molecule has 0 aromatic carbocycles. The molecule has 3 unspecified atom stereocenters. The summed E-state index contributed by atoms with van der Waals surface area (Å²) in [4.78, 5) is 6.88. The Kier molecular flexibility index (Phi) is 10.5. The van der Waals surface area contributed by atoms with E-state index in [1.54, 1.807) is 0 Å². The summed E-state index contributed by atoms with van der Waals surface area (Å²) in [6.07, 6.45) is 5.25. The first-order valence-corrected chi connectivity index (χ1v) is 8.94. The molecule has 5 nitrogen and oxygen atoms in total. The number of guanidine groups is 1. The summed E-state index contributed by atoms with van der Waals surface area (Å²) in [5.41, 5.74) is 0. The van der Waals surface area contributed by atoms with Gasteiger partial charge in [0.2, 0.25) is 0 Å². The standard InChI is InChI=1S/C17H34N4O.HI/c1-14-5-4-6-16(11-14)20-17(18-3)19-12-15(2)13-21-7-9-22-10-8-21;/h14-16H,4-13H2,1-3H3,(H2,18,19,20);1H. The molecule has 0 radical (unpaired) electrons. The van der Waals surface area contributed by atoms with Gasteiger partial charge in [-0.15, -0.1) is 24.0 Å². The van der Waals surface area contributed by atoms with Gasteiger partial charge in [-0.05, 0) is 24.7 Å². The predicted octanol–water partition coefficient (Wildman–Crippen LogP) is 2.32. The smallest absolute Gasteiger partial charge is 0.191 e. The Morgan fingerprint density at radius 2 is 2.04 bits per heavy atom. The highest BCUT2D eigenvalue weighted by Gasteiger charge is 2.20. The highest BCUT2D eigenvalue weighted by atomic mass is 127. The SMILES string of the molecule is CN=C(NCC(C)CN1CCOCC1)NC1CCCC(C)C1.I. The van der Waals surface area contributed by atoms with E-state index >= 15 is 0 Å². The second kappa shape index (κ2) is 11.5. The van der Waals surface area contributed by atoms with Gasteiger partial charge in [-0.2, -0.15) is 0 Å². The van der Waals surface area contributed by atoms with Crippen LogP contribution in [0.2, 0.25) is 0 Å².